The van der Waals surface area contributed by atoms with Gasteiger partial charge in [-0.25, -0.2) is 0 Å². The normalized spacial score (nSPS) is 16.2. The van der Waals surface area contributed by atoms with Gasteiger partial charge >= 0.3 is 0 Å². The van der Waals surface area contributed by atoms with E-state index in [0.29, 0.717) is 0 Å². The van der Waals surface area contributed by atoms with Gasteiger partial charge in [0.05, 0.1) is 8.61 Å². The van der Waals surface area contributed by atoms with E-state index in [-0.39, 0.29) is 10.7 Å². The van der Waals surface area contributed by atoms with Gasteiger partial charge in [0.1, 0.15) is 0 Å². The van der Waals surface area contributed by atoms with E-state index in [1.54, 1.807) is 11.3 Å². The monoisotopic (exact) mass is 413 g/mol. The Morgan fingerprint density at radius 2 is 2.10 bits per heavy atom. The molecule has 1 atom stereocenters. The van der Waals surface area contributed by atoms with Crippen molar-refractivity contribution in [2.45, 2.75) is 17.7 Å². The maximum Gasteiger partial charge on any atom is 0.251 e. The van der Waals surface area contributed by atoms with Crippen molar-refractivity contribution < 1.29 is 4.79 Å². The van der Waals surface area contributed by atoms with E-state index < -0.39 is 0 Å². The van der Waals surface area contributed by atoms with Crippen LogP contribution in [0.4, 0.5) is 0 Å². The quantitative estimate of drug-likeness (QED) is 0.710. The Labute approximate surface area is 138 Å². The Morgan fingerprint density at radius 1 is 1.25 bits per heavy atom. The third-order valence-corrected chi connectivity index (χ3v) is 6.04. The number of rotatable bonds is 2. The molecule has 0 saturated carbocycles. The highest BCUT2D eigenvalue weighted by atomic mass is 79.9. The molecule has 1 aliphatic heterocycles. The SMILES string of the molecule is O=C1NCCCc2ccc(C(Br)c3csc(Br)c3)cc21. The summed E-state index contributed by atoms with van der Waals surface area (Å²) in [7, 11) is 0. The summed E-state index contributed by atoms with van der Waals surface area (Å²) in [5.41, 5.74) is 4.29. The lowest BCUT2D eigenvalue weighted by Crippen LogP contribution is -2.22. The number of nitrogens with one attached hydrogen (secondary N) is 1. The van der Waals surface area contributed by atoms with Crippen LogP contribution in [-0.2, 0) is 6.42 Å². The van der Waals surface area contributed by atoms with Crippen molar-refractivity contribution in [3.05, 3.63) is 55.7 Å². The first-order chi connectivity index (χ1) is 9.65. The molecule has 0 fully saturated rings. The minimum atomic E-state index is 0.0468. The molecule has 1 N–H and O–H groups in total. The maximum atomic E-state index is 12.1. The molecule has 104 valence electrons. The van der Waals surface area contributed by atoms with Gasteiger partial charge in [0.25, 0.3) is 5.91 Å². The van der Waals surface area contributed by atoms with E-state index in [9.17, 15) is 4.79 Å². The van der Waals surface area contributed by atoms with Crippen LogP contribution in [0.15, 0.2) is 33.4 Å². The number of thiophene rings is 1. The van der Waals surface area contributed by atoms with E-state index >= 15 is 0 Å². The Morgan fingerprint density at radius 3 is 2.85 bits per heavy atom. The van der Waals surface area contributed by atoms with Crippen molar-refractivity contribution in [3.8, 4) is 0 Å². The van der Waals surface area contributed by atoms with Gasteiger partial charge in [0.2, 0.25) is 0 Å². The van der Waals surface area contributed by atoms with Gasteiger partial charge < -0.3 is 5.32 Å². The molecule has 2 nitrogen and oxygen atoms in total. The van der Waals surface area contributed by atoms with E-state index in [2.05, 4.69) is 60.8 Å². The molecule has 1 unspecified atom stereocenters. The van der Waals surface area contributed by atoms with Crippen molar-refractivity contribution in [2.24, 2.45) is 0 Å². The minimum Gasteiger partial charge on any atom is -0.352 e. The number of benzene rings is 1. The lowest BCUT2D eigenvalue weighted by molar-refractivity contribution is 0.0956. The van der Waals surface area contributed by atoms with Crippen LogP contribution in [-0.4, -0.2) is 12.5 Å². The van der Waals surface area contributed by atoms with Crippen molar-refractivity contribution in [3.63, 3.8) is 0 Å². The van der Waals surface area contributed by atoms with Gasteiger partial charge in [-0.05, 0) is 63.0 Å². The third kappa shape index (κ3) is 2.85. The zero-order valence-electron chi connectivity index (χ0n) is 10.7. The van der Waals surface area contributed by atoms with E-state index in [1.807, 2.05) is 6.07 Å². The Bertz CT molecular complexity index is 653. The predicted octanol–water partition coefficient (Wildman–Crippen LogP) is 4.67. The molecule has 2 heterocycles. The third-order valence-electron chi connectivity index (χ3n) is 3.46. The van der Waals surface area contributed by atoms with Gasteiger partial charge in [0, 0.05) is 12.1 Å². The summed E-state index contributed by atoms with van der Waals surface area (Å²) < 4.78 is 1.12. The van der Waals surface area contributed by atoms with Gasteiger partial charge in [-0.2, -0.15) is 0 Å². The molecule has 0 radical (unpaired) electrons. The number of hydrogen-bond acceptors (Lipinski definition) is 2. The second kappa shape index (κ2) is 6.00. The number of alkyl halides is 1. The zero-order chi connectivity index (χ0) is 14.1. The molecule has 0 bridgehead atoms. The van der Waals surface area contributed by atoms with Crippen molar-refractivity contribution in [1.82, 2.24) is 5.32 Å². The first kappa shape index (κ1) is 14.3. The molecule has 1 aromatic heterocycles. The number of hydrogen-bond donors (Lipinski definition) is 1. The zero-order valence-corrected chi connectivity index (χ0v) is 14.6. The summed E-state index contributed by atoms with van der Waals surface area (Å²) in [5, 5.41) is 5.07. The lowest BCUT2D eigenvalue weighted by atomic mass is 9.98. The van der Waals surface area contributed by atoms with Gasteiger partial charge in [0.15, 0.2) is 0 Å². The molecular weight excluding hydrogens is 402 g/mol. The topological polar surface area (TPSA) is 29.1 Å². The highest BCUT2D eigenvalue weighted by Crippen LogP contribution is 2.36. The first-order valence-electron chi connectivity index (χ1n) is 6.44. The summed E-state index contributed by atoms with van der Waals surface area (Å²) >= 11 is 8.88. The molecule has 0 spiro atoms. The fourth-order valence-electron chi connectivity index (χ4n) is 2.41. The Kier molecular flexibility index (Phi) is 4.29. The largest absolute Gasteiger partial charge is 0.352 e. The van der Waals surface area contributed by atoms with E-state index in [4.69, 9.17) is 0 Å². The van der Waals surface area contributed by atoms with Gasteiger partial charge in [-0.3, -0.25) is 4.79 Å². The number of halogens is 2. The van der Waals surface area contributed by atoms with Crippen LogP contribution in [0.1, 0.15) is 38.3 Å². The Hall–Kier alpha value is -0.650. The summed E-state index contributed by atoms with van der Waals surface area (Å²) in [6.07, 6.45) is 1.97. The highest BCUT2D eigenvalue weighted by molar-refractivity contribution is 9.11. The number of carbonyl (C=O) groups is 1. The van der Waals surface area contributed by atoms with Crippen molar-refractivity contribution in [2.75, 3.05) is 6.54 Å². The average molecular weight is 415 g/mol. The summed E-state index contributed by atoms with van der Waals surface area (Å²) in [6.45, 7) is 0.762. The predicted molar refractivity (Wildman–Crippen MR) is 89.9 cm³/mol. The Balaban J connectivity index is 1.97. The number of amides is 1. The fourth-order valence-corrected chi connectivity index (χ4v) is 4.33. The highest BCUT2D eigenvalue weighted by Gasteiger charge is 2.18. The summed E-state index contributed by atoms with van der Waals surface area (Å²) in [4.78, 5) is 12.2. The smallest absolute Gasteiger partial charge is 0.251 e. The van der Waals surface area contributed by atoms with Crippen LogP contribution in [0.2, 0.25) is 0 Å². The second-order valence-corrected chi connectivity index (χ2v) is 8.03. The molecule has 5 heteroatoms. The van der Waals surface area contributed by atoms with Crippen LogP contribution >= 0.6 is 43.2 Å². The number of aryl methyl sites for hydroxylation is 1. The number of carbonyl (C=O) groups excluding carboxylic acids is 1. The second-order valence-electron chi connectivity index (χ2n) is 4.82. The summed E-state index contributed by atoms with van der Waals surface area (Å²) in [5.74, 6) is 0.0468. The summed E-state index contributed by atoms with van der Waals surface area (Å²) in [6, 6.07) is 8.32. The fraction of sp³-hybridized carbons (Fsp3) is 0.267. The van der Waals surface area contributed by atoms with Crippen molar-refractivity contribution >= 4 is 49.1 Å². The van der Waals surface area contributed by atoms with E-state index in [0.717, 1.165) is 39.9 Å². The van der Waals surface area contributed by atoms with Crippen LogP contribution in [0, 0.1) is 0 Å². The van der Waals surface area contributed by atoms with E-state index in [1.165, 1.54) is 5.56 Å². The first-order valence-corrected chi connectivity index (χ1v) is 9.03. The molecule has 1 aliphatic rings. The molecule has 0 aliphatic carbocycles. The standard InChI is InChI=1S/C15H13Br2NOS/c16-13-7-11(8-20-13)14(17)10-4-3-9-2-1-5-18-15(19)12(9)6-10/h3-4,6-8,14H,1-2,5H2,(H,18,19). The van der Waals surface area contributed by atoms with Crippen molar-refractivity contribution in [1.29, 1.82) is 0 Å². The van der Waals surface area contributed by atoms with Gasteiger partial charge in [-0.1, -0.05) is 28.1 Å². The molecule has 2 aromatic rings. The van der Waals surface area contributed by atoms with Crippen LogP contribution in [0.5, 0.6) is 0 Å². The lowest BCUT2D eigenvalue weighted by Gasteiger charge is -2.12. The minimum absolute atomic E-state index is 0.0468. The van der Waals surface area contributed by atoms with Crippen LogP contribution in [0.25, 0.3) is 0 Å². The molecule has 1 amide bonds. The number of fused-ring (bicyclic) bond motifs is 1. The van der Waals surface area contributed by atoms with Crippen LogP contribution in [0.3, 0.4) is 0 Å². The molecule has 20 heavy (non-hydrogen) atoms. The average Bonchev–Trinajstić information content (AvgIpc) is 2.80. The molecule has 1 aromatic carbocycles. The molecule has 3 rings (SSSR count). The maximum absolute atomic E-state index is 12.1. The molecular formula is C15H13Br2NOS. The van der Waals surface area contributed by atoms with Gasteiger partial charge in [-0.15, -0.1) is 11.3 Å². The van der Waals surface area contributed by atoms with Crippen LogP contribution < -0.4 is 5.32 Å². The molecule has 0 saturated heterocycles.